The van der Waals surface area contributed by atoms with Crippen LogP contribution in [0.4, 0.5) is 10.8 Å². The lowest BCUT2D eigenvalue weighted by atomic mass is 9.47. The number of aromatic hydroxyl groups is 1. The molecule has 0 radical (unpaired) electrons. The Hall–Kier alpha value is -2.16. The van der Waals surface area contributed by atoms with Gasteiger partial charge in [-0.1, -0.05) is 33.3 Å². The molecule has 1 saturated carbocycles. The number of anilines is 2. The van der Waals surface area contributed by atoms with Gasteiger partial charge >= 0.3 is 0 Å². The molecule has 0 aliphatic heterocycles. The number of fused-ring (bicyclic) bond motifs is 2. The summed E-state index contributed by atoms with van der Waals surface area (Å²) in [6.45, 7) is 7.11. The van der Waals surface area contributed by atoms with Gasteiger partial charge in [-0.3, -0.25) is 4.79 Å². The van der Waals surface area contributed by atoms with E-state index >= 15 is 0 Å². The minimum atomic E-state index is -0.634. The van der Waals surface area contributed by atoms with E-state index in [2.05, 4.69) is 24.5 Å². The number of rotatable bonds is 8. The van der Waals surface area contributed by atoms with Crippen LogP contribution in [0.1, 0.15) is 69.4 Å². The number of phenolic OH excluding ortho intramolecular Hbond substituents is 1. The Kier molecular flexibility index (Phi) is 7.22. The fourth-order valence-electron chi connectivity index (χ4n) is 6.07. The molecule has 8 heteroatoms. The second-order valence-electron chi connectivity index (χ2n) is 10.4. The minimum absolute atomic E-state index is 0.0313. The second-order valence-corrected chi connectivity index (χ2v) is 11.5. The Morgan fingerprint density at radius 2 is 2.12 bits per heavy atom. The molecular weight excluding hydrogens is 450 g/mol. The molecule has 2 aliphatic carbocycles. The van der Waals surface area contributed by atoms with Crippen LogP contribution in [0.5, 0.6) is 5.75 Å². The number of thiazole rings is 1. The number of unbranched alkanes of at least 4 members (excludes halogenated alkanes) is 1. The predicted octanol–water partition coefficient (Wildman–Crippen LogP) is 4.51. The Labute approximate surface area is 205 Å². The Morgan fingerprint density at radius 1 is 1.32 bits per heavy atom. The summed E-state index contributed by atoms with van der Waals surface area (Å²) in [7, 11) is 0. The molecule has 2 aromatic rings. The number of aliphatic hydroxyl groups excluding tert-OH is 2. The normalized spacial score (nSPS) is 30.3. The summed E-state index contributed by atoms with van der Waals surface area (Å²) in [5.41, 5.74) is 0.617. The van der Waals surface area contributed by atoms with Gasteiger partial charge in [0.2, 0.25) is 5.91 Å². The van der Waals surface area contributed by atoms with Crippen LogP contribution in [-0.4, -0.2) is 45.5 Å². The zero-order chi connectivity index (χ0) is 24.5. The first kappa shape index (κ1) is 24.9. The van der Waals surface area contributed by atoms with Gasteiger partial charge in [0.15, 0.2) is 5.13 Å². The van der Waals surface area contributed by atoms with Crippen LogP contribution >= 0.6 is 11.3 Å². The van der Waals surface area contributed by atoms with E-state index in [-0.39, 0.29) is 41.9 Å². The smallest absolute Gasteiger partial charge is 0.225 e. The molecule has 1 heterocycles. The van der Waals surface area contributed by atoms with Gasteiger partial charge in [0.05, 0.1) is 18.4 Å². The van der Waals surface area contributed by atoms with Crippen molar-refractivity contribution in [1.29, 1.82) is 0 Å². The molecule has 5 atom stereocenters. The van der Waals surface area contributed by atoms with E-state index in [1.54, 1.807) is 29.5 Å². The van der Waals surface area contributed by atoms with Gasteiger partial charge in [0.1, 0.15) is 5.75 Å². The maximum atomic E-state index is 13.2. The topological polar surface area (TPSA) is 115 Å². The molecule has 4 rings (SSSR count). The molecule has 7 nitrogen and oxygen atoms in total. The highest BCUT2D eigenvalue weighted by Crippen LogP contribution is 2.62. The van der Waals surface area contributed by atoms with Crippen LogP contribution in [0.25, 0.3) is 0 Å². The van der Waals surface area contributed by atoms with Gasteiger partial charge in [-0.15, -0.1) is 11.3 Å². The number of phenols is 1. The van der Waals surface area contributed by atoms with Crippen LogP contribution in [-0.2, 0) is 11.2 Å². The number of carbonyl (C=O) groups excluding carboxylic acids is 1. The number of hydrogen-bond acceptors (Lipinski definition) is 7. The number of aromatic nitrogens is 1. The lowest BCUT2D eigenvalue weighted by Gasteiger charge is -2.58. The van der Waals surface area contributed by atoms with Crippen LogP contribution in [0, 0.1) is 16.7 Å². The highest BCUT2D eigenvalue weighted by Gasteiger charge is 2.59. The van der Waals surface area contributed by atoms with E-state index in [4.69, 9.17) is 4.98 Å². The van der Waals surface area contributed by atoms with Gasteiger partial charge < -0.3 is 26.0 Å². The number of amides is 1. The Balaban J connectivity index is 1.67. The largest absolute Gasteiger partial charge is 0.508 e. The first-order valence-corrected chi connectivity index (χ1v) is 13.1. The van der Waals surface area contributed by atoms with Gasteiger partial charge in [-0.2, -0.15) is 0 Å². The van der Waals surface area contributed by atoms with Crippen molar-refractivity contribution >= 4 is 28.1 Å². The number of aliphatic hydroxyl groups is 2. The van der Waals surface area contributed by atoms with Crippen LogP contribution in [0.2, 0.25) is 0 Å². The van der Waals surface area contributed by atoms with Crippen molar-refractivity contribution in [2.75, 3.05) is 23.8 Å². The lowest BCUT2D eigenvalue weighted by Crippen LogP contribution is -2.57. The van der Waals surface area contributed by atoms with Gasteiger partial charge in [-0.25, -0.2) is 4.98 Å². The first-order chi connectivity index (χ1) is 16.2. The Morgan fingerprint density at radius 3 is 2.82 bits per heavy atom. The number of benzene rings is 1. The van der Waals surface area contributed by atoms with Crippen molar-refractivity contribution in [3.63, 3.8) is 0 Å². The molecule has 186 valence electrons. The SMILES string of the molecule is CCCCNc1nc2c(s1)C[C@H]1[C@](C)(CO)[C@H](O)CC[C@@]1(C)[C@@H]2CC(=O)Nc1cccc(O)c1. The summed E-state index contributed by atoms with van der Waals surface area (Å²) in [5, 5.41) is 38.3. The summed E-state index contributed by atoms with van der Waals surface area (Å²) in [6.07, 6.45) is 3.96. The maximum Gasteiger partial charge on any atom is 0.225 e. The number of carbonyl (C=O) groups is 1. The summed E-state index contributed by atoms with van der Waals surface area (Å²) in [4.78, 5) is 19.3. The fourth-order valence-corrected chi connectivity index (χ4v) is 7.17. The average Bonchev–Trinajstić information content (AvgIpc) is 3.21. The molecule has 0 unspecified atom stereocenters. The summed E-state index contributed by atoms with van der Waals surface area (Å²) >= 11 is 1.64. The van der Waals surface area contributed by atoms with E-state index < -0.39 is 11.5 Å². The van der Waals surface area contributed by atoms with Gasteiger partial charge in [0.25, 0.3) is 0 Å². The number of hydrogen-bond donors (Lipinski definition) is 5. The molecule has 34 heavy (non-hydrogen) atoms. The van der Waals surface area contributed by atoms with E-state index in [0.29, 0.717) is 12.1 Å². The van der Waals surface area contributed by atoms with Crippen molar-refractivity contribution in [1.82, 2.24) is 4.98 Å². The predicted molar refractivity (Wildman–Crippen MR) is 135 cm³/mol. The summed E-state index contributed by atoms with van der Waals surface area (Å²) < 4.78 is 0. The highest BCUT2D eigenvalue weighted by atomic mass is 32.1. The molecule has 5 N–H and O–H groups in total. The van der Waals surface area contributed by atoms with Crippen molar-refractivity contribution in [2.45, 2.75) is 71.3 Å². The van der Waals surface area contributed by atoms with Crippen molar-refractivity contribution in [3.05, 3.63) is 34.8 Å². The first-order valence-electron chi connectivity index (χ1n) is 12.3. The highest BCUT2D eigenvalue weighted by molar-refractivity contribution is 7.15. The molecule has 1 fully saturated rings. The van der Waals surface area contributed by atoms with Crippen LogP contribution in [0.3, 0.4) is 0 Å². The van der Waals surface area contributed by atoms with Crippen LogP contribution in [0.15, 0.2) is 24.3 Å². The average molecular weight is 488 g/mol. The molecular formula is C26H37N3O4S. The molecule has 1 amide bonds. The lowest BCUT2D eigenvalue weighted by molar-refractivity contribution is -0.143. The fraction of sp³-hybridized carbons (Fsp3) is 0.615. The van der Waals surface area contributed by atoms with E-state index in [0.717, 1.165) is 47.9 Å². The molecule has 2 aliphatic rings. The van der Waals surface area contributed by atoms with Gasteiger partial charge in [-0.05, 0) is 49.1 Å². The number of nitrogens with zero attached hydrogens (tertiary/aromatic N) is 1. The van der Waals surface area contributed by atoms with Crippen molar-refractivity contribution in [3.8, 4) is 5.75 Å². The van der Waals surface area contributed by atoms with E-state index in [1.165, 1.54) is 6.07 Å². The third-order valence-electron chi connectivity index (χ3n) is 8.22. The third kappa shape index (κ3) is 4.55. The van der Waals surface area contributed by atoms with E-state index in [1.807, 2.05) is 6.92 Å². The molecule has 0 spiro atoms. The zero-order valence-corrected chi connectivity index (χ0v) is 21.1. The monoisotopic (exact) mass is 487 g/mol. The number of nitrogens with one attached hydrogen (secondary N) is 2. The molecule has 1 aromatic heterocycles. The Bertz CT molecular complexity index is 1030. The maximum absolute atomic E-state index is 13.2. The third-order valence-corrected chi connectivity index (χ3v) is 9.27. The standard InChI is InChI=1S/C26H37N3O4S/c1-4-5-11-27-24-29-23-18(13-22(33)28-16-7-6-8-17(31)12-16)25(2)10-9-21(32)26(3,15-30)20(25)14-19(23)34-24/h6-8,12,18,20-21,30-32H,4-5,9-11,13-15H2,1-3H3,(H,27,29)(H,28,33)/t18-,20-,21-,25+,26+/m1/s1. The van der Waals surface area contributed by atoms with Crippen molar-refractivity contribution < 1.29 is 20.1 Å². The van der Waals surface area contributed by atoms with Gasteiger partial charge in [0, 0.05) is 40.9 Å². The zero-order valence-electron chi connectivity index (χ0n) is 20.3. The molecule has 0 saturated heterocycles. The molecule has 1 aromatic carbocycles. The quantitative estimate of drug-likeness (QED) is 0.350. The summed E-state index contributed by atoms with van der Waals surface area (Å²) in [5.74, 6) is -0.125. The second kappa shape index (κ2) is 9.84. The van der Waals surface area contributed by atoms with Crippen LogP contribution < -0.4 is 10.6 Å². The minimum Gasteiger partial charge on any atom is -0.508 e. The summed E-state index contributed by atoms with van der Waals surface area (Å²) in [6, 6.07) is 6.56. The van der Waals surface area contributed by atoms with Crippen molar-refractivity contribution in [2.24, 2.45) is 16.7 Å². The molecule has 0 bridgehead atoms. The van der Waals surface area contributed by atoms with E-state index in [9.17, 15) is 20.1 Å².